The van der Waals surface area contributed by atoms with Gasteiger partial charge in [-0.2, -0.15) is 0 Å². The summed E-state index contributed by atoms with van der Waals surface area (Å²) < 4.78 is 0. The first-order valence-corrected chi connectivity index (χ1v) is 4.55. The van der Waals surface area contributed by atoms with E-state index in [1.807, 2.05) is 0 Å². The maximum absolute atomic E-state index is 10.8. The minimum absolute atomic E-state index is 0.0664. The van der Waals surface area contributed by atoms with Gasteiger partial charge in [-0.1, -0.05) is 23.2 Å². The average molecular weight is 230 g/mol. The van der Waals surface area contributed by atoms with E-state index in [1.54, 1.807) is 18.3 Å². The summed E-state index contributed by atoms with van der Waals surface area (Å²) in [5, 5.41) is 9.95. The maximum Gasteiger partial charge on any atom is 0.338 e. The number of benzene rings is 1. The minimum atomic E-state index is -1.13. The Morgan fingerprint density at radius 3 is 2.79 bits per heavy atom. The van der Waals surface area contributed by atoms with E-state index in [2.05, 4.69) is 4.98 Å². The highest BCUT2D eigenvalue weighted by Gasteiger charge is 2.17. The Balaban J connectivity index is 2.89. The molecule has 1 aromatic heterocycles. The molecule has 0 saturated carbocycles. The third-order valence-electron chi connectivity index (χ3n) is 1.95. The molecule has 0 spiro atoms. The number of aromatic amines is 1. The van der Waals surface area contributed by atoms with Crippen LogP contribution >= 0.6 is 23.2 Å². The smallest absolute Gasteiger partial charge is 0.338 e. The van der Waals surface area contributed by atoms with Crippen LogP contribution in [0.25, 0.3) is 10.9 Å². The Labute approximate surface area is 89.2 Å². The van der Waals surface area contributed by atoms with Crippen LogP contribution in [0.15, 0.2) is 18.3 Å². The van der Waals surface area contributed by atoms with Crippen molar-refractivity contribution in [3.63, 3.8) is 0 Å². The van der Waals surface area contributed by atoms with Gasteiger partial charge in [-0.05, 0) is 12.1 Å². The standard InChI is InChI=1S/C9H5Cl2NO2/c10-5-3-4-1-2-12-8(4)7(11)6(5)9(13)14/h1-3,12H,(H,13,14). The summed E-state index contributed by atoms with van der Waals surface area (Å²) in [4.78, 5) is 13.7. The summed E-state index contributed by atoms with van der Waals surface area (Å²) in [6, 6.07) is 3.35. The van der Waals surface area contributed by atoms with Gasteiger partial charge in [-0.15, -0.1) is 0 Å². The number of rotatable bonds is 1. The molecule has 0 amide bonds. The summed E-state index contributed by atoms with van der Waals surface area (Å²) >= 11 is 11.7. The fourth-order valence-electron chi connectivity index (χ4n) is 1.33. The fourth-order valence-corrected chi connectivity index (χ4v) is 2.01. The van der Waals surface area contributed by atoms with Crippen LogP contribution in [-0.4, -0.2) is 16.1 Å². The molecule has 2 aromatic rings. The number of hydrogen-bond donors (Lipinski definition) is 2. The molecule has 2 N–H and O–H groups in total. The topological polar surface area (TPSA) is 53.1 Å². The second kappa shape index (κ2) is 3.19. The highest BCUT2D eigenvalue weighted by Crippen LogP contribution is 2.32. The van der Waals surface area contributed by atoms with E-state index in [0.717, 1.165) is 5.39 Å². The van der Waals surface area contributed by atoms with Crippen LogP contribution in [0.1, 0.15) is 10.4 Å². The second-order valence-corrected chi connectivity index (χ2v) is 3.58. The van der Waals surface area contributed by atoms with Gasteiger partial charge in [-0.3, -0.25) is 0 Å². The predicted octanol–water partition coefficient (Wildman–Crippen LogP) is 3.17. The molecule has 1 aromatic carbocycles. The maximum atomic E-state index is 10.8. The molecular weight excluding hydrogens is 225 g/mol. The summed E-state index contributed by atoms with van der Waals surface area (Å²) in [6.45, 7) is 0. The normalized spacial score (nSPS) is 10.7. The van der Waals surface area contributed by atoms with Crippen LogP contribution in [-0.2, 0) is 0 Å². The van der Waals surface area contributed by atoms with Gasteiger partial charge in [0, 0.05) is 11.6 Å². The number of carboxylic acids is 1. The number of nitrogens with one attached hydrogen (secondary N) is 1. The molecule has 3 nitrogen and oxygen atoms in total. The van der Waals surface area contributed by atoms with Crippen LogP contribution in [0.5, 0.6) is 0 Å². The van der Waals surface area contributed by atoms with Gasteiger partial charge in [0.1, 0.15) is 0 Å². The van der Waals surface area contributed by atoms with Crippen molar-refractivity contribution >= 4 is 40.1 Å². The number of H-pyrrole nitrogens is 1. The number of aromatic nitrogens is 1. The van der Waals surface area contributed by atoms with Gasteiger partial charge < -0.3 is 10.1 Å². The van der Waals surface area contributed by atoms with Crippen molar-refractivity contribution in [2.45, 2.75) is 0 Å². The average Bonchev–Trinajstić information content (AvgIpc) is 2.50. The zero-order chi connectivity index (χ0) is 10.3. The van der Waals surface area contributed by atoms with Crippen molar-refractivity contribution < 1.29 is 9.90 Å². The molecule has 5 heteroatoms. The second-order valence-electron chi connectivity index (χ2n) is 2.79. The third kappa shape index (κ3) is 1.25. The summed E-state index contributed by atoms with van der Waals surface area (Å²) in [5.41, 5.74) is 0.525. The Morgan fingerprint density at radius 2 is 2.14 bits per heavy atom. The monoisotopic (exact) mass is 229 g/mol. The molecule has 0 saturated heterocycles. The minimum Gasteiger partial charge on any atom is -0.478 e. The van der Waals surface area contributed by atoms with Gasteiger partial charge >= 0.3 is 5.97 Å². The van der Waals surface area contributed by atoms with Crippen LogP contribution < -0.4 is 0 Å². The highest BCUT2D eigenvalue weighted by atomic mass is 35.5. The first-order valence-electron chi connectivity index (χ1n) is 3.79. The van der Waals surface area contributed by atoms with E-state index in [0.29, 0.717) is 5.52 Å². The SMILES string of the molecule is O=C(O)c1c(Cl)cc2cc[nH]c2c1Cl. The van der Waals surface area contributed by atoms with E-state index < -0.39 is 5.97 Å². The molecule has 0 aliphatic rings. The van der Waals surface area contributed by atoms with Gasteiger partial charge in [0.05, 0.1) is 21.1 Å². The van der Waals surface area contributed by atoms with Crippen molar-refractivity contribution in [2.75, 3.05) is 0 Å². The molecule has 0 bridgehead atoms. The zero-order valence-corrected chi connectivity index (χ0v) is 8.36. The van der Waals surface area contributed by atoms with E-state index >= 15 is 0 Å². The highest BCUT2D eigenvalue weighted by molar-refractivity contribution is 6.42. The molecule has 0 atom stereocenters. The number of aromatic carboxylic acids is 1. The third-order valence-corrected chi connectivity index (χ3v) is 2.63. The van der Waals surface area contributed by atoms with E-state index in [-0.39, 0.29) is 15.6 Å². The molecule has 0 radical (unpaired) electrons. The Kier molecular flexibility index (Phi) is 2.13. The molecule has 0 fully saturated rings. The number of carboxylic acid groups (broad SMARTS) is 1. The summed E-state index contributed by atoms with van der Waals surface area (Å²) in [6.07, 6.45) is 1.68. The lowest BCUT2D eigenvalue weighted by Crippen LogP contribution is -1.99. The molecular formula is C9H5Cl2NO2. The lowest BCUT2D eigenvalue weighted by Gasteiger charge is -2.02. The Bertz CT molecular complexity index is 519. The molecule has 1 heterocycles. The lowest BCUT2D eigenvalue weighted by molar-refractivity contribution is 0.0697. The molecule has 0 unspecified atom stereocenters. The van der Waals surface area contributed by atoms with E-state index in [9.17, 15) is 4.79 Å². The van der Waals surface area contributed by atoms with E-state index in [1.165, 1.54) is 0 Å². The summed E-state index contributed by atoms with van der Waals surface area (Å²) in [5.74, 6) is -1.13. The molecule has 0 aliphatic heterocycles. The lowest BCUT2D eigenvalue weighted by atomic mass is 10.1. The summed E-state index contributed by atoms with van der Waals surface area (Å²) in [7, 11) is 0. The van der Waals surface area contributed by atoms with Gasteiger partial charge in [0.15, 0.2) is 0 Å². The van der Waals surface area contributed by atoms with Crippen molar-refractivity contribution in [3.05, 3.63) is 33.9 Å². The Hall–Kier alpha value is -1.19. The van der Waals surface area contributed by atoms with Crippen molar-refractivity contribution in [2.24, 2.45) is 0 Å². The van der Waals surface area contributed by atoms with Crippen LogP contribution in [0.4, 0.5) is 0 Å². The quantitative estimate of drug-likeness (QED) is 0.790. The van der Waals surface area contributed by atoms with Crippen LogP contribution in [0.3, 0.4) is 0 Å². The van der Waals surface area contributed by atoms with Crippen molar-refractivity contribution in [3.8, 4) is 0 Å². The molecule has 72 valence electrons. The first-order chi connectivity index (χ1) is 6.61. The van der Waals surface area contributed by atoms with Gasteiger partial charge in [-0.25, -0.2) is 4.79 Å². The molecule has 0 aliphatic carbocycles. The van der Waals surface area contributed by atoms with Crippen molar-refractivity contribution in [1.29, 1.82) is 0 Å². The number of hydrogen-bond acceptors (Lipinski definition) is 1. The predicted molar refractivity (Wildman–Crippen MR) is 55.3 cm³/mol. The van der Waals surface area contributed by atoms with Gasteiger partial charge in [0.25, 0.3) is 0 Å². The fraction of sp³-hybridized carbons (Fsp3) is 0. The Morgan fingerprint density at radius 1 is 1.43 bits per heavy atom. The van der Waals surface area contributed by atoms with E-state index in [4.69, 9.17) is 28.3 Å². The first kappa shape index (κ1) is 9.37. The van der Waals surface area contributed by atoms with Crippen LogP contribution in [0.2, 0.25) is 10.0 Å². The number of carbonyl (C=O) groups is 1. The number of fused-ring (bicyclic) bond motifs is 1. The largest absolute Gasteiger partial charge is 0.478 e. The van der Waals surface area contributed by atoms with Gasteiger partial charge in [0.2, 0.25) is 0 Å². The van der Waals surface area contributed by atoms with Crippen molar-refractivity contribution in [1.82, 2.24) is 4.98 Å². The molecule has 14 heavy (non-hydrogen) atoms. The van der Waals surface area contributed by atoms with Crippen LogP contribution in [0, 0.1) is 0 Å². The zero-order valence-electron chi connectivity index (χ0n) is 6.84. The number of halogens is 2. The molecule has 2 rings (SSSR count).